The van der Waals surface area contributed by atoms with Crippen LogP contribution in [0.5, 0.6) is 11.5 Å². The molecule has 0 atom stereocenters. The summed E-state index contributed by atoms with van der Waals surface area (Å²) < 4.78 is 68.0. The van der Waals surface area contributed by atoms with Crippen LogP contribution in [-0.2, 0) is 20.3 Å². The number of nitrogens with zero attached hydrogens (tertiary/aromatic N) is 4. The molecule has 2 aromatic carbocycles. The molecule has 6 nitrogen and oxygen atoms in total. The predicted octanol–water partition coefficient (Wildman–Crippen LogP) is 4.55. The van der Waals surface area contributed by atoms with Crippen molar-refractivity contribution >= 4 is 12.2 Å². The molecule has 0 radical (unpaired) electrons. The van der Waals surface area contributed by atoms with Crippen molar-refractivity contribution in [2.75, 3.05) is 19.8 Å². The molecule has 11 heteroatoms. The number of alkyl halides is 3. The number of rotatable bonds is 6. The van der Waals surface area contributed by atoms with Crippen LogP contribution in [0.1, 0.15) is 5.56 Å². The van der Waals surface area contributed by atoms with E-state index >= 15 is 0 Å². The topological polar surface area (TPSA) is 44.5 Å². The fourth-order valence-corrected chi connectivity index (χ4v) is 3.69. The minimum absolute atomic E-state index is 0.0243. The Morgan fingerprint density at radius 3 is 2.53 bits per heavy atom. The first kappa shape index (κ1) is 22.3. The van der Waals surface area contributed by atoms with E-state index in [9.17, 15) is 17.6 Å². The van der Waals surface area contributed by atoms with Gasteiger partial charge in [0.15, 0.2) is 22.1 Å². The third kappa shape index (κ3) is 4.94. The monoisotopic (exact) mass is 468 g/mol. The second kappa shape index (κ2) is 8.91. The lowest BCUT2D eigenvalue weighted by Gasteiger charge is -2.24. The Hall–Kier alpha value is -2.92. The van der Waals surface area contributed by atoms with E-state index < -0.39 is 18.5 Å². The highest BCUT2D eigenvalue weighted by Gasteiger charge is 2.31. The van der Waals surface area contributed by atoms with Crippen LogP contribution in [-0.4, -0.2) is 45.2 Å². The molecule has 0 unspecified atom stereocenters. The number of benzene rings is 2. The minimum Gasteiger partial charge on any atom is -0.486 e. The van der Waals surface area contributed by atoms with Crippen molar-refractivity contribution in [1.29, 1.82) is 0 Å². The van der Waals surface area contributed by atoms with Gasteiger partial charge in [-0.2, -0.15) is 18.3 Å². The van der Waals surface area contributed by atoms with Gasteiger partial charge >= 0.3 is 6.18 Å². The van der Waals surface area contributed by atoms with E-state index in [-0.39, 0.29) is 29.4 Å². The Kier molecular flexibility index (Phi) is 6.20. The first-order valence-electron chi connectivity index (χ1n) is 9.77. The summed E-state index contributed by atoms with van der Waals surface area (Å²) in [5.41, 5.74) is 0.837. The number of halogens is 4. The fourth-order valence-electron chi connectivity index (χ4n) is 3.50. The zero-order valence-corrected chi connectivity index (χ0v) is 17.9. The van der Waals surface area contributed by atoms with Gasteiger partial charge in [0.2, 0.25) is 0 Å². The molecule has 0 amide bonds. The van der Waals surface area contributed by atoms with Crippen LogP contribution in [0.2, 0.25) is 0 Å². The van der Waals surface area contributed by atoms with Crippen LogP contribution >= 0.6 is 12.2 Å². The third-order valence-electron chi connectivity index (χ3n) is 4.91. The van der Waals surface area contributed by atoms with Crippen LogP contribution in [0.15, 0.2) is 42.5 Å². The third-order valence-corrected chi connectivity index (χ3v) is 5.39. The molecular formula is C21H20F4N4O2S. The maximum Gasteiger partial charge on any atom is 0.401 e. The van der Waals surface area contributed by atoms with Gasteiger partial charge < -0.3 is 14.0 Å². The van der Waals surface area contributed by atoms with Crippen LogP contribution in [0.25, 0.3) is 11.4 Å². The summed E-state index contributed by atoms with van der Waals surface area (Å²) in [6, 6.07) is 11.1. The van der Waals surface area contributed by atoms with E-state index in [4.69, 9.17) is 21.7 Å². The molecule has 1 aliphatic rings. The van der Waals surface area contributed by atoms with Gasteiger partial charge in [-0.05, 0) is 42.0 Å². The van der Waals surface area contributed by atoms with Gasteiger partial charge in [-0.1, -0.05) is 18.2 Å². The molecule has 170 valence electrons. The molecule has 0 fully saturated rings. The van der Waals surface area contributed by atoms with Crippen molar-refractivity contribution in [2.45, 2.75) is 19.4 Å². The molecule has 32 heavy (non-hydrogen) atoms. The normalized spacial score (nSPS) is 13.6. The zero-order chi connectivity index (χ0) is 22.9. The molecule has 0 N–H and O–H groups in total. The van der Waals surface area contributed by atoms with Crippen LogP contribution in [0.4, 0.5) is 17.6 Å². The molecule has 0 bridgehead atoms. The summed E-state index contributed by atoms with van der Waals surface area (Å²) in [5.74, 6) is 0.798. The van der Waals surface area contributed by atoms with Gasteiger partial charge in [0.05, 0.1) is 18.8 Å². The molecule has 3 aromatic rings. The van der Waals surface area contributed by atoms with Gasteiger partial charge in [-0.15, -0.1) is 0 Å². The standard InChI is InChI=1S/C21H20F4N4O2S/c1-27-19(15-4-2-3-5-16(15)22)26-29(20(27)32)13-28(12-21(23,24)25)11-14-6-7-17-18(10-14)31-9-8-30-17/h2-7,10H,8-9,11-13H2,1H3. The highest BCUT2D eigenvalue weighted by molar-refractivity contribution is 7.71. The first-order valence-corrected chi connectivity index (χ1v) is 10.2. The van der Waals surface area contributed by atoms with Gasteiger partial charge in [0.25, 0.3) is 0 Å². The van der Waals surface area contributed by atoms with Gasteiger partial charge in [0.1, 0.15) is 19.0 Å². The molecule has 2 heterocycles. The van der Waals surface area contributed by atoms with Crippen molar-refractivity contribution in [2.24, 2.45) is 7.05 Å². The molecular weight excluding hydrogens is 448 g/mol. The average Bonchev–Trinajstić information content (AvgIpc) is 3.01. The number of aromatic nitrogens is 3. The summed E-state index contributed by atoms with van der Waals surface area (Å²) in [6.07, 6.45) is -4.43. The lowest BCUT2D eigenvalue weighted by molar-refractivity contribution is -0.151. The second-order valence-corrected chi connectivity index (χ2v) is 7.73. The molecule has 0 saturated heterocycles. The highest BCUT2D eigenvalue weighted by Crippen LogP contribution is 2.31. The van der Waals surface area contributed by atoms with E-state index in [1.807, 2.05) is 0 Å². The Morgan fingerprint density at radius 2 is 1.81 bits per heavy atom. The van der Waals surface area contributed by atoms with Gasteiger partial charge in [-0.3, -0.25) is 4.90 Å². The quantitative estimate of drug-likeness (QED) is 0.392. The van der Waals surface area contributed by atoms with E-state index in [0.717, 1.165) is 0 Å². The van der Waals surface area contributed by atoms with Gasteiger partial charge in [0, 0.05) is 13.6 Å². The summed E-state index contributed by atoms with van der Waals surface area (Å²) in [4.78, 5) is 1.17. The van der Waals surface area contributed by atoms with E-state index in [1.165, 1.54) is 20.2 Å². The maximum absolute atomic E-state index is 14.2. The second-order valence-electron chi connectivity index (χ2n) is 7.37. The molecule has 0 aliphatic carbocycles. The van der Waals surface area contributed by atoms with E-state index in [1.54, 1.807) is 43.4 Å². The smallest absolute Gasteiger partial charge is 0.401 e. The minimum atomic E-state index is -4.43. The Bertz CT molecular complexity index is 1180. The molecule has 0 saturated carbocycles. The molecule has 1 aromatic heterocycles. The number of hydrogen-bond donors (Lipinski definition) is 0. The van der Waals surface area contributed by atoms with E-state index in [0.29, 0.717) is 30.3 Å². The van der Waals surface area contributed by atoms with Crippen molar-refractivity contribution in [3.8, 4) is 22.9 Å². The van der Waals surface area contributed by atoms with E-state index in [2.05, 4.69) is 5.10 Å². The summed E-state index contributed by atoms with van der Waals surface area (Å²) in [6.45, 7) is -0.618. The maximum atomic E-state index is 14.2. The summed E-state index contributed by atoms with van der Waals surface area (Å²) in [7, 11) is 1.60. The van der Waals surface area contributed by atoms with Crippen LogP contribution in [0, 0.1) is 10.6 Å². The molecule has 0 spiro atoms. The van der Waals surface area contributed by atoms with Crippen molar-refractivity contribution < 1.29 is 27.0 Å². The molecule has 1 aliphatic heterocycles. The Morgan fingerprint density at radius 1 is 1.09 bits per heavy atom. The Labute approximate surface area is 186 Å². The zero-order valence-electron chi connectivity index (χ0n) is 17.1. The number of ether oxygens (including phenoxy) is 2. The molecule has 4 rings (SSSR count). The largest absolute Gasteiger partial charge is 0.486 e. The van der Waals surface area contributed by atoms with Gasteiger partial charge in [-0.25, -0.2) is 9.07 Å². The summed E-state index contributed by atoms with van der Waals surface area (Å²) >= 11 is 5.36. The van der Waals surface area contributed by atoms with Crippen LogP contribution < -0.4 is 9.47 Å². The van der Waals surface area contributed by atoms with Crippen molar-refractivity contribution in [3.63, 3.8) is 0 Å². The number of fused-ring (bicyclic) bond motifs is 1. The SMILES string of the molecule is Cn1c(-c2ccccc2F)nn(CN(Cc2ccc3c(c2)OCCO3)CC(F)(F)F)c1=S. The lowest BCUT2D eigenvalue weighted by atomic mass is 10.2. The van der Waals surface area contributed by atoms with Crippen molar-refractivity contribution in [3.05, 3.63) is 58.6 Å². The predicted molar refractivity (Wildman–Crippen MR) is 111 cm³/mol. The summed E-state index contributed by atoms with van der Waals surface area (Å²) in [5, 5.41) is 4.30. The fraction of sp³-hybridized carbons (Fsp3) is 0.333. The Balaban J connectivity index is 1.62. The first-order chi connectivity index (χ1) is 15.2. The lowest BCUT2D eigenvalue weighted by Crippen LogP contribution is -2.35. The van der Waals surface area contributed by atoms with Crippen LogP contribution in [0.3, 0.4) is 0 Å². The van der Waals surface area contributed by atoms with Crippen molar-refractivity contribution in [1.82, 2.24) is 19.2 Å². The highest BCUT2D eigenvalue weighted by atomic mass is 32.1. The number of hydrogen-bond acceptors (Lipinski definition) is 5. The average molecular weight is 468 g/mol.